The Labute approximate surface area is 217 Å². The molecule has 0 radical (unpaired) electrons. The highest BCUT2D eigenvalue weighted by atomic mass is 35.5. The highest BCUT2D eigenvalue weighted by Gasteiger charge is 2.42. The summed E-state index contributed by atoms with van der Waals surface area (Å²) in [5, 5.41) is 20.7. The summed E-state index contributed by atoms with van der Waals surface area (Å²) in [6.45, 7) is 2.72. The Balaban J connectivity index is 0.000000405. The Morgan fingerprint density at radius 1 is 1.11 bits per heavy atom. The molecular formula is C27H27ClF3NO5. The van der Waals surface area contributed by atoms with Crippen LogP contribution in [0.25, 0.3) is 10.8 Å². The van der Waals surface area contributed by atoms with E-state index in [0.717, 1.165) is 59.6 Å². The van der Waals surface area contributed by atoms with E-state index >= 15 is 0 Å². The number of likely N-dealkylation sites (tertiary alicyclic amines) is 1. The van der Waals surface area contributed by atoms with E-state index in [0.29, 0.717) is 6.54 Å². The van der Waals surface area contributed by atoms with Gasteiger partial charge in [-0.2, -0.15) is 13.2 Å². The molecular weight excluding hydrogens is 511 g/mol. The van der Waals surface area contributed by atoms with Gasteiger partial charge in [0, 0.05) is 49.3 Å². The number of ether oxygens (including phenoxy) is 2. The van der Waals surface area contributed by atoms with E-state index in [-0.39, 0.29) is 12.2 Å². The lowest BCUT2D eigenvalue weighted by atomic mass is 9.87. The predicted molar refractivity (Wildman–Crippen MR) is 133 cm³/mol. The van der Waals surface area contributed by atoms with Crippen LogP contribution in [0.2, 0.25) is 5.02 Å². The number of benzene rings is 3. The SMILES string of the molecule is O=C(O)C(F)(F)F.O[C@H](COc1cccc2ccccc12)CN1CCC2(CC1)Cc1cc(Cl)ccc1O2. The monoisotopic (exact) mass is 537 g/mol. The van der Waals surface area contributed by atoms with Gasteiger partial charge in [0.25, 0.3) is 0 Å². The molecule has 0 amide bonds. The molecule has 3 aromatic rings. The van der Waals surface area contributed by atoms with Crippen LogP contribution in [0.3, 0.4) is 0 Å². The summed E-state index contributed by atoms with van der Waals surface area (Å²) < 4.78 is 44.0. The minimum Gasteiger partial charge on any atom is -0.490 e. The van der Waals surface area contributed by atoms with Gasteiger partial charge >= 0.3 is 12.1 Å². The molecule has 10 heteroatoms. The third-order valence-electron chi connectivity index (χ3n) is 6.52. The van der Waals surface area contributed by atoms with Crippen LogP contribution in [0.4, 0.5) is 13.2 Å². The van der Waals surface area contributed by atoms with E-state index in [2.05, 4.69) is 17.0 Å². The number of carbonyl (C=O) groups is 1. The topological polar surface area (TPSA) is 79.2 Å². The van der Waals surface area contributed by atoms with Crippen LogP contribution in [0, 0.1) is 0 Å². The Bertz CT molecular complexity index is 1240. The highest BCUT2D eigenvalue weighted by Crippen LogP contribution is 2.42. The fourth-order valence-corrected chi connectivity index (χ4v) is 4.88. The molecule has 0 aliphatic carbocycles. The first-order valence-electron chi connectivity index (χ1n) is 11.8. The van der Waals surface area contributed by atoms with E-state index in [1.54, 1.807) is 0 Å². The van der Waals surface area contributed by atoms with Crippen molar-refractivity contribution in [3.63, 3.8) is 0 Å². The number of aliphatic hydroxyl groups excluding tert-OH is 1. The Kier molecular flexibility index (Phi) is 8.16. The van der Waals surface area contributed by atoms with Crippen molar-refractivity contribution in [1.29, 1.82) is 0 Å². The number of aliphatic hydroxyl groups is 1. The van der Waals surface area contributed by atoms with Gasteiger partial charge in [0.05, 0.1) is 0 Å². The molecule has 0 bridgehead atoms. The van der Waals surface area contributed by atoms with Gasteiger partial charge in [-0.05, 0) is 35.2 Å². The van der Waals surface area contributed by atoms with E-state index in [1.807, 2.05) is 48.5 Å². The van der Waals surface area contributed by atoms with Gasteiger partial charge in [0.2, 0.25) is 0 Å². The zero-order chi connectivity index (χ0) is 26.6. The van der Waals surface area contributed by atoms with Crippen LogP contribution < -0.4 is 9.47 Å². The van der Waals surface area contributed by atoms with Crippen LogP contribution >= 0.6 is 11.6 Å². The maximum absolute atomic E-state index is 10.6. The molecule has 1 saturated heterocycles. The zero-order valence-electron chi connectivity index (χ0n) is 19.9. The third kappa shape index (κ3) is 6.85. The van der Waals surface area contributed by atoms with Crippen molar-refractivity contribution in [3.05, 3.63) is 71.2 Å². The number of piperidine rings is 1. The second-order valence-corrected chi connectivity index (χ2v) is 9.70. The summed E-state index contributed by atoms with van der Waals surface area (Å²) in [7, 11) is 0. The number of nitrogens with zero attached hydrogens (tertiary/aromatic N) is 1. The first kappa shape index (κ1) is 27.0. The number of hydrogen-bond acceptors (Lipinski definition) is 5. The molecule has 2 aliphatic rings. The number of β-amino-alcohol motifs (C(OH)–C–C–N with tert-alkyl or cyclic N) is 1. The maximum Gasteiger partial charge on any atom is 0.490 e. The average molecular weight is 538 g/mol. The fraction of sp³-hybridized carbons (Fsp3) is 0.370. The third-order valence-corrected chi connectivity index (χ3v) is 6.76. The van der Waals surface area contributed by atoms with E-state index in [1.165, 1.54) is 5.56 Å². The second kappa shape index (κ2) is 11.2. The number of fused-ring (bicyclic) bond motifs is 2. The van der Waals surface area contributed by atoms with Gasteiger partial charge in [-0.25, -0.2) is 4.79 Å². The van der Waals surface area contributed by atoms with Crippen molar-refractivity contribution in [3.8, 4) is 11.5 Å². The van der Waals surface area contributed by atoms with Crippen molar-refractivity contribution in [2.45, 2.75) is 37.1 Å². The first-order valence-corrected chi connectivity index (χ1v) is 12.2. The predicted octanol–water partition coefficient (Wildman–Crippen LogP) is 5.34. The number of rotatable bonds is 5. The van der Waals surface area contributed by atoms with Crippen LogP contribution in [0.5, 0.6) is 11.5 Å². The lowest BCUT2D eigenvalue weighted by molar-refractivity contribution is -0.192. The summed E-state index contributed by atoms with van der Waals surface area (Å²) in [4.78, 5) is 11.2. The molecule has 198 valence electrons. The molecule has 37 heavy (non-hydrogen) atoms. The van der Waals surface area contributed by atoms with Crippen molar-refractivity contribution in [1.82, 2.24) is 4.90 Å². The van der Waals surface area contributed by atoms with Crippen LogP contribution in [-0.2, 0) is 11.2 Å². The molecule has 0 unspecified atom stereocenters. The molecule has 5 rings (SSSR count). The summed E-state index contributed by atoms with van der Waals surface area (Å²) in [6.07, 6.45) is -2.78. The van der Waals surface area contributed by atoms with Crippen molar-refractivity contribution in [2.24, 2.45) is 0 Å². The molecule has 0 aromatic heterocycles. The van der Waals surface area contributed by atoms with Crippen molar-refractivity contribution < 1.29 is 37.7 Å². The largest absolute Gasteiger partial charge is 0.490 e. The minimum atomic E-state index is -5.08. The Hall–Kier alpha value is -3.01. The number of hydrogen-bond donors (Lipinski definition) is 2. The Morgan fingerprint density at radius 2 is 1.78 bits per heavy atom. The first-order chi connectivity index (χ1) is 17.5. The number of carboxylic acid groups (broad SMARTS) is 1. The molecule has 1 fully saturated rings. The molecule has 2 heterocycles. The molecule has 2 aliphatic heterocycles. The van der Waals surface area contributed by atoms with Gasteiger partial charge in [0.15, 0.2) is 0 Å². The second-order valence-electron chi connectivity index (χ2n) is 9.26. The standard InChI is InChI=1S/C25H26ClNO3.C2HF3O2/c26-20-8-9-23-19(14-20)15-25(30-23)10-12-27(13-11-25)16-21(28)17-29-24-7-3-5-18-4-1-2-6-22(18)24;3-2(4,5)1(6)7/h1-9,14,21,28H,10-13,15-17H2;(H,6,7)/t21-;/m0./s1. The number of alkyl halides is 3. The highest BCUT2D eigenvalue weighted by molar-refractivity contribution is 6.30. The van der Waals surface area contributed by atoms with Gasteiger partial charge in [-0.3, -0.25) is 0 Å². The average Bonchev–Trinajstić information content (AvgIpc) is 3.21. The van der Waals surface area contributed by atoms with Gasteiger partial charge in [0.1, 0.15) is 29.8 Å². The lowest BCUT2D eigenvalue weighted by Crippen LogP contribution is -2.49. The molecule has 1 atom stereocenters. The normalized spacial score (nSPS) is 17.4. The minimum absolute atomic E-state index is 0.117. The molecule has 0 saturated carbocycles. The smallest absolute Gasteiger partial charge is 0.490 e. The number of halogens is 4. The van der Waals surface area contributed by atoms with E-state index in [4.69, 9.17) is 31.0 Å². The van der Waals surface area contributed by atoms with Crippen LogP contribution in [-0.4, -0.2) is 65.2 Å². The molecule has 3 aromatic carbocycles. The van der Waals surface area contributed by atoms with Crippen molar-refractivity contribution in [2.75, 3.05) is 26.2 Å². The number of aliphatic carboxylic acids is 1. The lowest BCUT2D eigenvalue weighted by Gasteiger charge is -2.39. The molecule has 6 nitrogen and oxygen atoms in total. The molecule has 2 N–H and O–H groups in total. The Morgan fingerprint density at radius 3 is 2.49 bits per heavy atom. The van der Waals surface area contributed by atoms with E-state index in [9.17, 15) is 18.3 Å². The van der Waals surface area contributed by atoms with Gasteiger partial charge in [-0.15, -0.1) is 0 Å². The molecule has 1 spiro atoms. The summed E-state index contributed by atoms with van der Waals surface area (Å²) >= 11 is 6.13. The number of carboxylic acids is 1. The fourth-order valence-electron chi connectivity index (χ4n) is 4.68. The van der Waals surface area contributed by atoms with Crippen molar-refractivity contribution >= 4 is 28.3 Å². The van der Waals surface area contributed by atoms with Crippen LogP contribution in [0.1, 0.15) is 18.4 Å². The van der Waals surface area contributed by atoms with Gasteiger partial charge < -0.3 is 24.6 Å². The quantitative estimate of drug-likeness (QED) is 0.458. The summed E-state index contributed by atoms with van der Waals surface area (Å²) in [6, 6.07) is 20.0. The van der Waals surface area contributed by atoms with Crippen LogP contribution in [0.15, 0.2) is 60.7 Å². The summed E-state index contributed by atoms with van der Waals surface area (Å²) in [5.41, 5.74) is 1.09. The van der Waals surface area contributed by atoms with E-state index < -0.39 is 18.2 Å². The summed E-state index contributed by atoms with van der Waals surface area (Å²) in [5.74, 6) is -0.968. The van der Waals surface area contributed by atoms with Gasteiger partial charge in [-0.1, -0.05) is 48.0 Å². The maximum atomic E-state index is 10.6. The zero-order valence-corrected chi connectivity index (χ0v) is 20.6.